The summed E-state index contributed by atoms with van der Waals surface area (Å²) in [6, 6.07) is 1.60. The van der Waals surface area contributed by atoms with Crippen molar-refractivity contribution in [2.75, 3.05) is 14.2 Å². The Hall–Kier alpha value is -1.30. The van der Waals surface area contributed by atoms with Crippen LogP contribution in [0.25, 0.3) is 0 Å². The number of carbonyl (C=O) groups excluding carboxylic acids is 2. The lowest BCUT2D eigenvalue weighted by atomic mass is 9.80. The first kappa shape index (κ1) is 15.1. The van der Waals surface area contributed by atoms with E-state index >= 15 is 0 Å². The van der Waals surface area contributed by atoms with E-state index in [0.29, 0.717) is 23.1 Å². The largest absolute Gasteiger partial charge is 0.467 e. The highest BCUT2D eigenvalue weighted by atomic mass is 79.9. The van der Waals surface area contributed by atoms with Gasteiger partial charge in [-0.3, -0.25) is 4.79 Å². The Morgan fingerprint density at radius 1 is 1.35 bits per heavy atom. The van der Waals surface area contributed by atoms with Crippen molar-refractivity contribution < 1.29 is 18.7 Å². The Bertz CT molecular complexity index is 505. The van der Waals surface area contributed by atoms with Crippen LogP contribution < -0.4 is 0 Å². The van der Waals surface area contributed by atoms with Crippen molar-refractivity contribution in [1.29, 1.82) is 0 Å². The molecule has 0 spiro atoms. The minimum atomic E-state index is -0.853. The van der Waals surface area contributed by atoms with Crippen LogP contribution in [0, 0.1) is 0 Å². The lowest BCUT2D eigenvalue weighted by molar-refractivity contribution is -0.155. The van der Waals surface area contributed by atoms with E-state index in [1.54, 1.807) is 13.1 Å². The number of carbonyl (C=O) groups is 2. The minimum absolute atomic E-state index is 0.230. The third-order valence-corrected chi connectivity index (χ3v) is 4.42. The van der Waals surface area contributed by atoms with Crippen molar-refractivity contribution in [1.82, 2.24) is 4.90 Å². The first-order chi connectivity index (χ1) is 9.51. The molecule has 1 fully saturated rings. The average Bonchev–Trinajstić information content (AvgIpc) is 2.92. The number of halogens is 1. The molecule has 1 heterocycles. The van der Waals surface area contributed by atoms with E-state index in [0.717, 1.165) is 19.3 Å². The monoisotopic (exact) mass is 343 g/mol. The van der Waals surface area contributed by atoms with E-state index in [9.17, 15) is 9.59 Å². The number of likely N-dealkylation sites (N-methyl/N-ethyl adjacent to an activating group) is 1. The molecule has 0 bridgehead atoms. The number of nitrogens with zero attached hydrogens (tertiary/aromatic N) is 1. The molecule has 110 valence electrons. The van der Waals surface area contributed by atoms with Crippen molar-refractivity contribution >= 4 is 27.8 Å². The third-order valence-electron chi connectivity index (χ3n) is 4.01. The highest BCUT2D eigenvalue weighted by Crippen LogP contribution is 2.35. The molecule has 20 heavy (non-hydrogen) atoms. The van der Waals surface area contributed by atoms with Gasteiger partial charge in [-0.05, 0) is 28.8 Å². The molecule has 0 radical (unpaired) electrons. The van der Waals surface area contributed by atoms with Crippen LogP contribution in [-0.4, -0.2) is 36.5 Å². The maximum absolute atomic E-state index is 12.5. The van der Waals surface area contributed by atoms with Crippen LogP contribution in [0.5, 0.6) is 0 Å². The van der Waals surface area contributed by atoms with Gasteiger partial charge in [-0.1, -0.05) is 19.3 Å². The van der Waals surface area contributed by atoms with E-state index in [1.807, 2.05) is 0 Å². The van der Waals surface area contributed by atoms with Crippen LogP contribution in [0.3, 0.4) is 0 Å². The molecular formula is C14H18BrNO4. The molecule has 0 unspecified atom stereocenters. The van der Waals surface area contributed by atoms with Gasteiger partial charge in [0.1, 0.15) is 11.8 Å². The molecule has 1 aliphatic carbocycles. The van der Waals surface area contributed by atoms with Gasteiger partial charge < -0.3 is 14.1 Å². The first-order valence-corrected chi connectivity index (χ1v) is 7.41. The van der Waals surface area contributed by atoms with Gasteiger partial charge in [0, 0.05) is 13.1 Å². The fourth-order valence-corrected chi connectivity index (χ4v) is 3.15. The summed E-state index contributed by atoms with van der Waals surface area (Å²) in [6.07, 6.45) is 5.58. The molecular weight excluding hydrogens is 326 g/mol. The fraction of sp³-hybridized carbons (Fsp3) is 0.571. The second-order valence-corrected chi connectivity index (χ2v) is 5.87. The molecule has 0 N–H and O–H groups in total. The first-order valence-electron chi connectivity index (χ1n) is 6.62. The highest BCUT2D eigenvalue weighted by molar-refractivity contribution is 9.10. The normalized spacial score (nSPS) is 17.6. The van der Waals surface area contributed by atoms with Crippen LogP contribution in [0.15, 0.2) is 21.4 Å². The van der Waals surface area contributed by atoms with Crippen molar-refractivity contribution in [2.24, 2.45) is 0 Å². The summed E-state index contributed by atoms with van der Waals surface area (Å²) >= 11 is 3.17. The molecule has 1 aromatic rings. The summed E-state index contributed by atoms with van der Waals surface area (Å²) in [7, 11) is 3.02. The van der Waals surface area contributed by atoms with Gasteiger partial charge in [0.25, 0.3) is 5.91 Å². The van der Waals surface area contributed by atoms with Gasteiger partial charge in [0.2, 0.25) is 0 Å². The molecule has 0 saturated heterocycles. The van der Waals surface area contributed by atoms with Gasteiger partial charge >= 0.3 is 5.97 Å². The third kappa shape index (κ3) is 2.61. The predicted molar refractivity (Wildman–Crippen MR) is 76.3 cm³/mol. The molecule has 0 aromatic carbocycles. The molecule has 1 aromatic heterocycles. The second kappa shape index (κ2) is 5.99. The van der Waals surface area contributed by atoms with Crippen LogP contribution in [-0.2, 0) is 9.53 Å². The number of methoxy groups -OCH3 is 1. The molecule has 0 aliphatic heterocycles. The van der Waals surface area contributed by atoms with E-state index in [-0.39, 0.29) is 11.9 Å². The summed E-state index contributed by atoms with van der Waals surface area (Å²) in [5.74, 6) is -0.567. The number of amides is 1. The Labute approximate surface area is 126 Å². The lowest BCUT2D eigenvalue weighted by Gasteiger charge is -2.41. The Kier molecular flexibility index (Phi) is 4.52. The zero-order valence-electron chi connectivity index (χ0n) is 11.6. The number of esters is 1. The quantitative estimate of drug-likeness (QED) is 0.791. The SMILES string of the molecule is COC(=O)C1(N(C)C(=O)c2coc(Br)c2)CCCCC1. The summed E-state index contributed by atoms with van der Waals surface area (Å²) in [4.78, 5) is 26.3. The van der Waals surface area contributed by atoms with Crippen molar-refractivity contribution in [3.63, 3.8) is 0 Å². The van der Waals surface area contributed by atoms with Crippen LogP contribution in [0.1, 0.15) is 42.5 Å². The predicted octanol–water partition coefficient (Wildman–Crippen LogP) is 2.99. The summed E-state index contributed by atoms with van der Waals surface area (Å²) in [5.41, 5.74) is -0.429. The number of ether oxygens (including phenoxy) is 1. The van der Waals surface area contributed by atoms with Crippen LogP contribution >= 0.6 is 15.9 Å². The molecule has 1 aliphatic rings. The molecule has 2 rings (SSSR count). The number of furan rings is 1. The van der Waals surface area contributed by atoms with Crippen LogP contribution in [0.2, 0.25) is 0 Å². The molecule has 1 saturated carbocycles. The molecule has 6 heteroatoms. The zero-order valence-corrected chi connectivity index (χ0v) is 13.2. The Morgan fingerprint density at radius 3 is 2.50 bits per heavy atom. The van der Waals surface area contributed by atoms with E-state index in [2.05, 4.69) is 15.9 Å². The van der Waals surface area contributed by atoms with Crippen molar-refractivity contribution in [2.45, 2.75) is 37.6 Å². The summed E-state index contributed by atoms with van der Waals surface area (Å²) < 4.78 is 10.5. The smallest absolute Gasteiger partial charge is 0.331 e. The van der Waals surface area contributed by atoms with E-state index in [1.165, 1.54) is 18.3 Å². The summed E-state index contributed by atoms with van der Waals surface area (Å²) in [5, 5.41) is 0. The van der Waals surface area contributed by atoms with Crippen molar-refractivity contribution in [3.8, 4) is 0 Å². The van der Waals surface area contributed by atoms with Crippen molar-refractivity contribution in [3.05, 3.63) is 22.6 Å². The van der Waals surface area contributed by atoms with Crippen LogP contribution in [0.4, 0.5) is 0 Å². The molecule has 0 atom stereocenters. The Morgan fingerprint density at radius 2 is 2.00 bits per heavy atom. The second-order valence-electron chi connectivity index (χ2n) is 5.09. The summed E-state index contributed by atoms with van der Waals surface area (Å²) in [6.45, 7) is 0. The molecule has 5 nitrogen and oxygen atoms in total. The van der Waals surface area contributed by atoms with Gasteiger partial charge in [-0.2, -0.15) is 0 Å². The average molecular weight is 344 g/mol. The lowest BCUT2D eigenvalue weighted by Crippen LogP contribution is -2.56. The zero-order chi connectivity index (χ0) is 14.8. The van der Waals surface area contributed by atoms with E-state index < -0.39 is 5.54 Å². The Balaban J connectivity index is 2.28. The number of rotatable bonds is 3. The maximum atomic E-state index is 12.5. The standard InChI is InChI=1S/C14H18BrNO4/c1-16(12(17)10-8-11(15)20-9-10)14(13(18)19-2)6-4-3-5-7-14/h8-9H,3-7H2,1-2H3. The number of hydrogen-bond acceptors (Lipinski definition) is 4. The topological polar surface area (TPSA) is 59.8 Å². The van der Waals surface area contributed by atoms with Gasteiger partial charge in [0.15, 0.2) is 4.67 Å². The van der Waals surface area contributed by atoms with Gasteiger partial charge in [-0.15, -0.1) is 0 Å². The number of hydrogen-bond donors (Lipinski definition) is 0. The maximum Gasteiger partial charge on any atom is 0.331 e. The fourth-order valence-electron chi connectivity index (χ4n) is 2.81. The van der Waals surface area contributed by atoms with E-state index in [4.69, 9.17) is 9.15 Å². The van der Waals surface area contributed by atoms with Gasteiger partial charge in [-0.25, -0.2) is 4.79 Å². The van der Waals surface area contributed by atoms with Gasteiger partial charge in [0.05, 0.1) is 12.7 Å². The highest BCUT2D eigenvalue weighted by Gasteiger charge is 2.46. The molecule has 1 amide bonds. The minimum Gasteiger partial charge on any atom is -0.467 e.